The Labute approximate surface area is 199 Å². The second-order valence-corrected chi connectivity index (χ2v) is 9.24. The van der Waals surface area contributed by atoms with Crippen LogP contribution in [0.1, 0.15) is 62.5 Å². The van der Waals surface area contributed by atoms with Crippen LogP contribution < -0.4 is 10.6 Å². The predicted molar refractivity (Wildman–Crippen MR) is 128 cm³/mol. The number of rotatable bonds is 10. The van der Waals surface area contributed by atoms with Crippen molar-refractivity contribution in [2.75, 3.05) is 6.61 Å². The SMILES string of the molecule is CC[C@H](CC(=O)NC(CC(=O)O)C1CCC1)NC(=O)OCC1c2ccccc2-c2ccccc21. The van der Waals surface area contributed by atoms with Crippen LogP contribution in [0.3, 0.4) is 0 Å². The largest absolute Gasteiger partial charge is 0.481 e. The van der Waals surface area contributed by atoms with Crippen molar-refractivity contribution in [3.05, 3.63) is 59.7 Å². The molecule has 2 aliphatic rings. The third-order valence-electron chi connectivity index (χ3n) is 7.05. The highest BCUT2D eigenvalue weighted by molar-refractivity contribution is 5.80. The minimum atomic E-state index is -0.916. The fraction of sp³-hybridized carbons (Fsp3) is 0.444. The van der Waals surface area contributed by atoms with E-state index in [4.69, 9.17) is 9.84 Å². The molecule has 2 amide bonds. The maximum atomic E-state index is 12.6. The number of aliphatic carboxylic acids is 1. The van der Waals surface area contributed by atoms with Gasteiger partial charge in [-0.3, -0.25) is 9.59 Å². The molecule has 2 aliphatic carbocycles. The summed E-state index contributed by atoms with van der Waals surface area (Å²) < 4.78 is 5.59. The van der Waals surface area contributed by atoms with Gasteiger partial charge in [0.25, 0.3) is 0 Å². The van der Waals surface area contributed by atoms with Gasteiger partial charge in [0.05, 0.1) is 6.42 Å². The van der Waals surface area contributed by atoms with E-state index in [2.05, 4.69) is 34.9 Å². The molecule has 1 unspecified atom stereocenters. The van der Waals surface area contributed by atoms with Crippen LogP contribution in [0, 0.1) is 5.92 Å². The molecule has 2 aromatic rings. The molecule has 7 heteroatoms. The first-order chi connectivity index (χ1) is 16.5. The second-order valence-electron chi connectivity index (χ2n) is 9.24. The standard InChI is InChI=1S/C27H32N2O5/c1-2-18(14-25(30)29-24(15-26(31)32)17-8-7-9-17)28-27(33)34-16-23-21-12-5-3-10-19(21)20-11-4-6-13-22(20)23/h3-6,10-13,17-18,23-24H,2,7-9,14-16H2,1H3,(H,28,33)(H,29,30)(H,31,32)/t18-,24?/m1/s1. The summed E-state index contributed by atoms with van der Waals surface area (Å²) in [6.07, 6.45) is 2.96. The Kier molecular flexibility index (Phi) is 7.50. The van der Waals surface area contributed by atoms with E-state index in [9.17, 15) is 14.4 Å². The highest BCUT2D eigenvalue weighted by Gasteiger charge is 2.31. The Hall–Kier alpha value is -3.35. The zero-order valence-corrected chi connectivity index (χ0v) is 19.5. The van der Waals surface area contributed by atoms with Crippen LogP contribution in [0.15, 0.2) is 48.5 Å². The van der Waals surface area contributed by atoms with Crippen LogP contribution in [-0.2, 0) is 14.3 Å². The number of carbonyl (C=O) groups excluding carboxylic acids is 2. The highest BCUT2D eigenvalue weighted by Crippen LogP contribution is 2.44. The van der Waals surface area contributed by atoms with Gasteiger partial charge in [0.1, 0.15) is 6.61 Å². The van der Waals surface area contributed by atoms with Crippen molar-refractivity contribution in [3.8, 4) is 11.1 Å². The molecule has 0 heterocycles. The lowest BCUT2D eigenvalue weighted by Crippen LogP contribution is -2.46. The van der Waals surface area contributed by atoms with Gasteiger partial charge in [0.2, 0.25) is 5.91 Å². The molecule has 34 heavy (non-hydrogen) atoms. The quantitative estimate of drug-likeness (QED) is 0.482. The van der Waals surface area contributed by atoms with E-state index in [0.717, 1.165) is 41.5 Å². The molecule has 0 aliphatic heterocycles. The maximum Gasteiger partial charge on any atom is 0.407 e. The minimum Gasteiger partial charge on any atom is -0.481 e. The number of alkyl carbamates (subject to hydrolysis) is 1. The normalized spacial score (nSPS) is 16.5. The van der Waals surface area contributed by atoms with E-state index >= 15 is 0 Å². The summed E-state index contributed by atoms with van der Waals surface area (Å²) in [5.41, 5.74) is 4.61. The summed E-state index contributed by atoms with van der Waals surface area (Å²) >= 11 is 0. The van der Waals surface area contributed by atoms with Gasteiger partial charge in [-0.1, -0.05) is 61.9 Å². The summed E-state index contributed by atoms with van der Waals surface area (Å²) in [6.45, 7) is 2.10. The number of ether oxygens (including phenoxy) is 1. The average molecular weight is 465 g/mol. The second kappa shape index (κ2) is 10.7. The van der Waals surface area contributed by atoms with Crippen molar-refractivity contribution in [2.24, 2.45) is 5.92 Å². The first-order valence-electron chi connectivity index (χ1n) is 12.1. The predicted octanol–water partition coefficient (Wildman–Crippen LogP) is 4.45. The van der Waals surface area contributed by atoms with Crippen LogP contribution in [0.5, 0.6) is 0 Å². The van der Waals surface area contributed by atoms with Gasteiger partial charge in [-0.15, -0.1) is 0 Å². The first-order valence-corrected chi connectivity index (χ1v) is 12.1. The summed E-state index contributed by atoms with van der Waals surface area (Å²) in [5, 5.41) is 14.8. The Morgan fingerprint density at radius 1 is 0.971 bits per heavy atom. The van der Waals surface area contributed by atoms with E-state index < -0.39 is 12.1 Å². The van der Waals surface area contributed by atoms with E-state index in [1.807, 2.05) is 31.2 Å². The first kappa shape index (κ1) is 23.8. The summed E-state index contributed by atoms with van der Waals surface area (Å²) in [7, 11) is 0. The molecule has 4 rings (SSSR count). The molecule has 2 aromatic carbocycles. The molecule has 7 nitrogen and oxygen atoms in total. The molecule has 0 bridgehead atoms. The molecule has 3 N–H and O–H groups in total. The molecule has 0 aromatic heterocycles. The molecular weight excluding hydrogens is 432 g/mol. The van der Waals surface area contributed by atoms with Crippen molar-refractivity contribution in [2.45, 2.75) is 63.5 Å². The fourth-order valence-electron chi connectivity index (χ4n) is 4.96. The van der Waals surface area contributed by atoms with Gasteiger partial charge in [0.15, 0.2) is 0 Å². The monoisotopic (exact) mass is 464 g/mol. The van der Waals surface area contributed by atoms with Gasteiger partial charge < -0.3 is 20.5 Å². The number of amides is 2. The molecule has 0 saturated heterocycles. The zero-order valence-electron chi connectivity index (χ0n) is 19.5. The van der Waals surface area contributed by atoms with Crippen molar-refractivity contribution >= 4 is 18.0 Å². The lowest BCUT2D eigenvalue weighted by atomic mass is 9.78. The van der Waals surface area contributed by atoms with Gasteiger partial charge in [-0.2, -0.15) is 0 Å². The Bertz CT molecular complexity index is 1000. The average Bonchev–Trinajstić information content (AvgIpc) is 3.09. The number of nitrogens with one attached hydrogen (secondary N) is 2. The number of carboxylic acids is 1. The third-order valence-corrected chi connectivity index (χ3v) is 7.05. The molecule has 1 fully saturated rings. The molecular formula is C27H32N2O5. The lowest BCUT2D eigenvalue weighted by Gasteiger charge is -2.33. The number of carboxylic acid groups (broad SMARTS) is 1. The summed E-state index contributed by atoms with van der Waals surface area (Å²) in [4.78, 5) is 36.3. The Morgan fingerprint density at radius 3 is 2.12 bits per heavy atom. The number of hydrogen-bond donors (Lipinski definition) is 3. The molecule has 2 atom stereocenters. The van der Waals surface area contributed by atoms with Gasteiger partial charge in [-0.05, 0) is 47.4 Å². The van der Waals surface area contributed by atoms with Crippen LogP contribution in [0.25, 0.3) is 11.1 Å². The number of fused-ring (bicyclic) bond motifs is 3. The third kappa shape index (κ3) is 5.41. The van der Waals surface area contributed by atoms with Crippen molar-refractivity contribution < 1.29 is 24.2 Å². The number of carbonyl (C=O) groups is 3. The van der Waals surface area contributed by atoms with Crippen LogP contribution >= 0.6 is 0 Å². The Balaban J connectivity index is 1.31. The summed E-state index contributed by atoms with van der Waals surface area (Å²) in [5.74, 6) is -0.971. The van der Waals surface area contributed by atoms with E-state index in [1.54, 1.807) is 0 Å². The van der Waals surface area contributed by atoms with Crippen LogP contribution in [-0.4, -0.2) is 41.8 Å². The maximum absolute atomic E-state index is 12.6. The van der Waals surface area contributed by atoms with Crippen molar-refractivity contribution in [3.63, 3.8) is 0 Å². The van der Waals surface area contributed by atoms with Crippen molar-refractivity contribution in [1.82, 2.24) is 10.6 Å². The van der Waals surface area contributed by atoms with E-state index in [-0.39, 0.29) is 49.3 Å². The van der Waals surface area contributed by atoms with Gasteiger partial charge >= 0.3 is 12.1 Å². The van der Waals surface area contributed by atoms with Crippen LogP contribution in [0.2, 0.25) is 0 Å². The topological polar surface area (TPSA) is 105 Å². The van der Waals surface area contributed by atoms with Gasteiger partial charge in [0, 0.05) is 24.4 Å². The van der Waals surface area contributed by atoms with Crippen LogP contribution in [0.4, 0.5) is 4.79 Å². The zero-order chi connectivity index (χ0) is 24.1. The van der Waals surface area contributed by atoms with Crippen molar-refractivity contribution in [1.29, 1.82) is 0 Å². The van der Waals surface area contributed by atoms with E-state index in [0.29, 0.717) is 6.42 Å². The van der Waals surface area contributed by atoms with Gasteiger partial charge in [-0.25, -0.2) is 4.79 Å². The Morgan fingerprint density at radius 2 is 1.59 bits per heavy atom. The molecule has 0 spiro atoms. The smallest absolute Gasteiger partial charge is 0.407 e. The molecule has 1 saturated carbocycles. The highest BCUT2D eigenvalue weighted by atomic mass is 16.5. The molecule has 0 radical (unpaired) electrons. The molecule has 180 valence electrons. The minimum absolute atomic E-state index is 0.0271. The van der Waals surface area contributed by atoms with E-state index in [1.165, 1.54) is 0 Å². The lowest BCUT2D eigenvalue weighted by molar-refractivity contribution is -0.138. The number of benzene rings is 2. The number of hydrogen-bond acceptors (Lipinski definition) is 4. The fourth-order valence-corrected chi connectivity index (χ4v) is 4.96. The summed E-state index contributed by atoms with van der Waals surface area (Å²) in [6, 6.07) is 15.6.